The molecule has 0 aliphatic rings. The molecule has 5 heteroatoms. The molecule has 94 valence electrons. The van der Waals surface area contributed by atoms with Crippen molar-refractivity contribution in [2.24, 2.45) is 0 Å². The van der Waals surface area contributed by atoms with E-state index < -0.39 is 0 Å². The summed E-state index contributed by atoms with van der Waals surface area (Å²) >= 11 is 27.7. The smallest absolute Gasteiger partial charge is 0.0671 e. The van der Waals surface area contributed by atoms with Gasteiger partial charge < -0.3 is 0 Å². The van der Waals surface area contributed by atoms with Crippen LogP contribution in [0.2, 0.25) is 20.1 Å². The normalized spacial score (nSPS) is 10.7. The van der Waals surface area contributed by atoms with Crippen molar-refractivity contribution >= 4 is 62.3 Å². The highest BCUT2D eigenvalue weighted by Crippen LogP contribution is 2.37. The Bertz CT molecular complexity index is 596. The van der Waals surface area contributed by atoms with Gasteiger partial charge in [-0.25, -0.2) is 0 Å². The molecule has 0 aromatic heterocycles. The summed E-state index contributed by atoms with van der Waals surface area (Å²) in [5.41, 5.74) is 2.72. The predicted octanol–water partition coefficient (Wildman–Crippen LogP) is 6.86. The SMILES string of the molecule is Clc1cc(Cl)c(Cl)c(-c2ccc(Cl)c(CBr)c2)c1. The van der Waals surface area contributed by atoms with Crippen LogP contribution < -0.4 is 0 Å². The summed E-state index contributed by atoms with van der Waals surface area (Å²) < 4.78 is 0. The fourth-order valence-corrected chi connectivity index (χ4v) is 3.13. The molecule has 0 saturated heterocycles. The number of rotatable bonds is 2. The molecule has 0 nitrogen and oxygen atoms in total. The van der Waals surface area contributed by atoms with Crippen LogP contribution in [-0.2, 0) is 5.33 Å². The molecule has 0 atom stereocenters. The maximum Gasteiger partial charge on any atom is 0.0671 e. The summed E-state index contributed by atoms with van der Waals surface area (Å²) in [4.78, 5) is 0. The van der Waals surface area contributed by atoms with Crippen molar-refractivity contribution in [2.75, 3.05) is 0 Å². The van der Waals surface area contributed by atoms with Crippen LogP contribution in [0.5, 0.6) is 0 Å². The maximum atomic E-state index is 6.20. The summed E-state index contributed by atoms with van der Waals surface area (Å²) in [5, 5.41) is 2.86. The van der Waals surface area contributed by atoms with Gasteiger partial charge in [-0.3, -0.25) is 0 Å². The lowest BCUT2D eigenvalue weighted by Crippen LogP contribution is -1.86. The summed E-state index contributed by atoms with van der Waals surface area (Å²) in [6.45, 7) is 0. The van der Waals surface area contributed by atoms with Crippen LogP contribution in [0.1, 0.15) is 5.56 Å². The van der Waals surface area contributed by atoms with E-state index in [2.05, 4.69) is 15.9 Å². The van der Waals surface area contributed by atoms with E-state index in [0.717, 1.165) is 16.7 Å². The van der Waals surface area contributed by atoms with Gasteiger partial charge in [-0.2, -0.15) is 0 Å². The van der Waals surface area contributed by atoms with Crippen LogP contribution in [-0.4, -0.2) is 0 Å². The molecule has 0 saturated carbocycles. The summed E-state index contributed by atoms with van der Waals surface area (Å²) in [7, 11) is 0. The molecule has 0 heterocycles. The van der Waals surface area contributed by atoms with Gasteiger partial charge >= 0.3 is 0 Å². The van der Waals surface area contributed by atoms with Crippen molar-refractivity contribution in [3.8, 4) is 11.1 Å². The first-order valence-electron chi connectivity index (χ1n) is 5.02. The van der Waals surface area contributed by atoms with Crippen LogP contribution in [0.4, 0.5) is 0 Å². The molecule has 0 amide bonds. The maximum absolute atomic E-state index is 6.20. The van der Waals surface area contributed by atoms with Crippen molar-refractivity contribution in [3.05, 3.63) is 56.0 Å². The zero-order valence-corrected chi connectivity index (χ0v) is 13.6. The minimum absolute atomic E-state index is 0.439. The van der Waals surface area contributed by atoms with Gasteiger partial charge in [0.05, 0.1) is 10.0 Å². The average Bonchev–Trinajstić information content (AvgIpc) is 2.34. The Morgan fingerprint density at radius 3 is 2.28 bits per heavy atom. The van der Waals surface area contributed by atoms with E-state index in [-0.39, 0.29) is 0 Å². The lowest BCUT2D eigenvalue weighted by molar-refractivity contribution is 1.43. The van der Waals surface area contributed by atoms with Gasteiger partial charge in [-0.15, -0.1) is 0 Å². The Hall–Kier alpha value is 0.0800. The molecule has 2 aromatic carbocycles. The quantitative estimate of drug-likeness (QED) is 0.391. The van der Waals surface area contributed by atoms with Crippen molar-refractivity contribution in [1.29, 1.82) is 0 Å². The molecular weight excluding hydrogens is 378 g/mol. The van der Waals surface area contributed by atoms with E-state index in [1.165, 1.54) is 0 Å². The van der Waals surface area contributed by atoms with E-state index in [1.807, 2.05) is 18.2 Å². The van der Waals surface area contributed by atoms with Crippen LogP contribution in [0.15, 0.2) is 30.3 Å². The molecule has 0 N–H and O–H groups in total. The van der Waals surface area contributed by atoms with Gasteiger partial charge in [0.1, 0.15) is 0 Å². The predicted molar refractivity (Wildman–Crippen MR) is 84.5 cm³/mol. The summed E-state index contributed by atoms with van der Waals surface area (Å²) in [6.07, 6.45) is 0. The fraction of sp³-hybridized carbons (Fsp3) is 0.0769. The third-order valence-electron chi connectivity index (χ3n) is 2.49. The Kier molecular flexibility index (Phi) is 4.85. The lowest BCUT2D eigenvalue weighted by Gasteiger charge is -2.09. The van der Waals surface area contributed by atoms with E-state index in [1.54, 1.807) is 12.1 Å². The highest BCUT2D eigenvalue weighted by Gasteiger charge is 2.10. The number of hydrogen-bond donors (Lipinski definition) is 0. The molecule has 0 aliphatic carbocycles. The molecule has 0 unspecified atom stereocenters. The number of halogens is 5. The largest absolute Gasteiger partial charge is 0.0876 e. The topological polar surface area (TPSA) is 0 Å². The van der Waals surface area contributed by atoms with Crippen molar-refractivity contribution in [2.45, 2.75) is 5.33 Å². The number of alkyl halides is 1. The first-order chi connectivity index (χ1) is 8.52. The molecule has 2 rings (SSSR count). The minimum Gasteiger partial charge on any atom is -0.0876 e. The molecule has 0 spiro atoms. The Balaban J connectivity index is 2.62. The highest BCUT2D eigenvalue weighted by atomic mass is 79.9. The summed E-state index contributed by atoms with van der Waals surface area (Å²) in [6, 6.07) is 9.10. The van der Waals surface area contributed by atoms with Crippen molar-refractivity contribution < 1.29 is 0 Å². The third kappa shape index (κ3) is 2.97. The Morgan fingerprint density at radius 1 is 0.889 bits per heavy atom. The molecule has 0 fully saturated rings. The fourth-order valence-electron chi connectivity index (χ4n) is 1.61. The van der Waals surface area contributed by atoms with Gasteiger partial charge in [0.25, 0.3) is 0 Å². The van der Waals surface area contributed by atoms with Crippen LogP contribution >= 0.6 is 62.3 Å². The van der Waals surface area contributed by atoms with Gasteiger partial charge in [0.15, 0.2) is 0 Å². The first kappa shape index (κ1) is 14.5. The number of benzene rings is 2. The van der Waals surface area contributed by atoms with Gasteiger partial charge in [0.2, 0.25) is 0 Å². The monoisotopic (exact) mass is 382 g/mol. The highest BCUT2D eigenvalue weighted by molar-refractivity contribution is 9.08. The summed E-state index contributed by atoms with van der Waals surface area (Å²) in [5.74, 6) is 0. The minimum atomic E-state index is 0.439. The molecule has 18 heavy (non-hydrogen) atoms. The van der Waals surface area contributed by atoms with E-state index in [4.69, 9.17) is 46.4 Å². The van der Waals surface area contributed by atoms with Crippen molar-refractivity contribution in [1.82, 2.24) is 0 Å². The zero-order chi connectivity index (χ0) is 13.3. The lowest BCUT2D eigenvalue weighted by atomic mass is 10.0. The van der Waals surface area contributed by atoms with Crippen molar-refractivity contribution in [3.63, 3.8) is 0 Å². The second-order valence-electron chi connectivity index (χ2n) is 3.69. The molecule has 0 bridgehead atoms. The van der Waals surface area contributed by atoms with E-state index in [0.29, 0.717) is 25.4 Å². The zero-order valence-electron chi connectivity index (χ0n) is 8.98. The van der Waals surface area contributed by atoms with Gasteiger partial charge in [-0.1, -0.05) is 68.4 Å². The number of hydrogen-bond acceptors (Lipinski definition) is 0. The van der Waals surface area contributed by atoms with Gasteiger partial charge in [0, 0.05) is 20.9 Å². The van der Waals surface area contributed by atoms with Crippen LogP contribution in [0.3, 0.4) is 0 Å². The van der Waals surface area contributed by atoms with Crippen LogP contribution in [0, 0.1) is 0 Å². The van der Waals surface area contributed by atoms with Gasteiger partial charge in [-0.05, 0) is 35.4 Å². The second kappa shape index (κ2) is 6.02. The van der Waals surface area contributed by atoms with Crippen LogP contribution in [0.25, 0.3) is 11.1 Å². The van der Waals surface area contributed by atoms with E-state index in [9.17, 15) is 0 Å². The first-order valence-corrected chi connectivity index (χ1v) is 7.65. The Morgan fingerprint density at radius 2 is 1.61 bits per heavy atom. The molecule has 2 aromatic rings. The molecule has 0 aliphatic heterocycles. The Labute approximate surface area is 134 Å². The third-order valence-corrected chi connectivity index (χ3v) is 4.49. The average molecular weight is 385 g/mol. The molecular formula is C13H7BrCl4. The standard InChI is InChI=1S/C13H7BrCl4/c14-6-8-3-7(1-2-11(8)16)10-4-9(15)5-12(17)13(10)18/h1-5H,6H2. The van der Waals surface area contributed by atoms with E-state index >= 15 is 0 Å². The molecule has 0 radical (unpaired) electrons. The second-order valence-corrected chi connectivity index (χ2v) is 5.88.